The van der Waals surface area contributed by atoms with E-state index in [0.29, 0.717) is 11.5 Å². The van der Waals surface area contributed by atoms with Gasteiger partial charge >= 0.3 is 5.97 Å². The van der Waals surface area contributed by atoms with Crippen LogP contribution in [0.4, 0.5) is 0 Å². The average molecular weight is 234 g/mol. The lowest BCUT2D eigenvalue weighted by Crippen LogP contribution is -1.97. The zero-order valence-corrected chi connectivity index (χ0v) is 10.1. The van der Waals surface area contributed by atoms with Gasteiger partial charge in [0.1, 0.15) is 6.42 Å². The molecule has 0 aliphatic rings. The van der Waals surface area contributed by atoms with Gasteiger partial charge in [-0.3, -0.25) is 4.79 Å². The van der Waals surface area contributed by atoms with Gasteiger partial charge in [-0.15, -0.1) is 0 Å². The third-order valence-electron chi connectivity index (χ3n) is 2.08. The first-order valence-corrected chi connectivity index (χ1v) is 4.99. The summed E-state index contributed by atoms with van der Waals surface area (Å²) in [6, 6.07) is 5.32. The Kier molecular flexibility index (Phi) is 4.89. The van der Waals surface area contributed by atoms with Crippen LogP contribution in [-0.2, 0) is 9.53 Å². The van der Waals surface area contributed by atoms with Gasteiger partial charge in [-0.2, -0.15) is 0 Å². The predicted octanol–water partition coefficient (Wildman–Crippen LogP) is 1.62. The summed E-state index contributed by atoms with van der Waals surface area (Å²) in [4.78, 5) is 10.9. The zero-order chi connectivity index (χ0) is 12.7. The molecule has 1 aromatic rings. The molecule has 0 aliphatic heterocycles. The molecule has 0 unspecified atom stereocenters. The lowest BCUT2D eigenvalue weighted by Gasteiger charge is -2.06. The van der Waals surface area contributed by atoms with E-state index < -0.39 is 0 Å². The zero-order valence-electron chi connectivity index (χ0n) is 10.1. The molecule has 0 bridgehead atoms. The molecule has 0 aromatic heterocycles. The van der Waals surface area contributed by atoms with E-state index in [9.17, 15) is 4.79 Å². The minimum absolute atomic E-state index is 0.0743. The first-order chi connectivity index (χ1) is 8.21. The molecule has 0 saturated heterocycles. The second kappa shape index (κ2) is 6.44. The molecular weight excluding hydrogens is 220 g/mol. The third kappa shape index (κ3) is 3.72. The summed E-state index contributed by atoms with van der Waals surface area (Å²) in [6.07, 6.45) is 0.0743. The average Bonchev–Trinajstić information content (AvgIpc) is 2.38. The second-order valence-corrected chi connectivity index (χ2v) is 3.12. The summed E-state index contributed by atoms with van der Waals surface area (Å²) in [7, 11) is 4.46. The van der Waals surface area contributed by atoms with Gasteiger partial charge in [-0.1, -0.05) is 11.8 Å². The highest BCUT2D eigenvalue weighted by Crippen LogP contribution is 2.27. The number of ether oxygens (including phenoxy) is 3. The monoisotopic (exact) mass is 234 g/mol. The van der Waals surface area contributed by atoms with E-state index >= 15 is 0 Å². The lowest BCUT2D eigenvalue weighted by atomic mass is 10.2. The quantitative estimate of drug-likeness (QED) is 0.589. The number of carbonyl (C=O) groups excluding carboxylic acids is 1. The summed E-state index contributed by atoms with van der Waals surface area (Å²) in [5, 5.41) is 0. The van der Waals surface area contributed by atoms with Crippen LogP contribution in [0.2, 0.25) is 0 Å². The topological polar surface area (TPSA) is 44.8 Å². The molecule has 1 rings (SSSR count). The van der Waals surface area contributed by atoms with E-state index in [4.69, 9.17) is 9.47 Å². The van der Waals surface area contributed by atoms with E-state index in [1.165, 1.54) is 7.11 Å². The number of carbonyl (C=O) groups is 1. The van der Waals surface area contributed by atoms with E-state index in [1.807, 2.05) is 0 Å². The lowest BCUT2D eigenvalue weighted by molar-refractivity contribution is -0.139. The van der Waals surface area contributed by atoms with Gasteiger partial charge in [0.2, 0.25) is 0 Å². The largest absolute Gasteiger partial charge is 0.493 e. The predicted molar refractivity (Wildman–Crippen MR) is 63.1 cm³/mol. The van der Waals surface area contributed by atoms with Crippen molar-refractivity contribution in [2.45, 2.75) is 6.42 Å². The normalized spacial score (nSPS) is 8.88. The second-order valence-electron chi connectivity index (χ2n) is 3.12. The smallest absolute Gasteiger partial charge is 0.317 e. The molecule has 0 heterocycles. The molecule has 0 saturated carbocycles. The fourth-order valence-electron chi connectivity index (χ4n) is 1.20. The molecule has 17 heavy (non-hydrogen) atoms. The van der Waals surface area contributed by atoms with Crippen molar-refractivity contribution in [3.8, 4) is 23.3 Å². The van der Waals surface area contributed by atoms with E-state index in [0.717, 1.165) is 5.56 Å². The Labute approximate surface area is 100 Å². The molecule has 4 heteroatoms. The first kappa shape index (κ1) is 12.9. The number of methoxy groups -OCH3 is 3. The summed E-state index contributed by atoms with van der Waals surface area (Å²) >= 11 is 0. The van der Waals surface area contributed by atoms with E-state index in [2.05, 4.69) is 16.6 Å². The van der Waals surface area contributed by atoms with Crippen LogP contribution in [0.25, 0.3) is 0 Å². The van der Waals surface area contributed by atoms with E-state index in [1.54, 1.807) is 32.4 Å². The Morgan fingerprint density at radius 2 is 1.88 bits per heavy atom. The highest BCUT2D eigenvalue weighted by atomic mass is 16.5. The van der Waals surface area contributed by atoms with Gasteiger partial charge in [0.05, 0.1) is 21.3 Å². The Hall–Kier alpha value is -2.15. The van der Waals surface area contributed by atoms with Crippen molar-refractivity contribution in [2.75, 3.05) is 21.3 Å². The maximum absolute atomic E-state index is 10.9. The van der Waals surface area contributed by atoms with Crippen molar-refractivity contribution in [3.05, 3.63) is 23.8 Å². The van der Waals surface area contributed by atoms with Crippen molar-refractivity contribution in [2.24, 2.45) is 0 Å². The van der Waals surface area contributed by atoms with Gasteiger partial charge in [0.25, 0.3) is 0 Å². The minimum Gasteiger partial charge on any atom is -0.493 e. The Bertz CT molecular complexity index is 454. The molecule has 1 aromatic carbocycles. The Balaban J connectivity index is 2.82. The summed E-state index contributed by atoms with van der Waals surface area (Å²) < 4.78 is 14.7. The highest BCUT2D eigenvalue weighted by Gasteiger charge is 2.02. The fourth-order valence-corrected chi connectivity index (χ4v) is 1.20. The Morgan fingerprint density at radius 3 is 2.47 bits per heavy atom. The maximum atomic E-state index is 10.9. The van der Waals surface area contributed by atoms with Crippen LogP contribution in [0.5, 0.6) is 11.5 Å². The van der Waals surface area contributed by atoms with Crippen LogP contribution in [0.1, 0.15) is 12.0 Å². The molecule has 4 nitrogen and oxygen atoms in total. The van der Waals surface area contributed by atoms with Crippen LogP contribution in [-0.4, -0.2) is 27.3 Å². The van der Waals surface area contributed by atoms with Gasteiger partial charge < -0.3 is 14.2 Å². The number of hydrogen-bond acceptors (Lipinski definition) is 4. The van der Waals surface area contributed by atoms with Crippen molar-refractivity contribution in [1.29, 1.82) is 0 Å². The standard InChI is InChI=1S/C13H14O4/c1-15-11-8-7-10(9-12(11)16-2)5-4-6-13(14)17-3/h7-9H,6H2,1-3H3. The van der Waals surface area contributed by atoms with Crippen LogP contribution in [0.15, 0.2) is 18.2 Å². The number of hydrogen-bond donors (Lipinski definition) is 0. The maximum Gasteiger partial charge on any atom is 0.317 e. The third-order valence-corrected chi connectivity index (χ3v) is 2.08. The van der Waals surface area contributed by atoms with Crippen LogP contribution < -0.4 is 9.47 Å². The van der Waals surface area contributed by atoms with Gasteiger partial charge in [0, 0.05) is 5.56 Å². The van der Waals surface area contributed by atoms with Crippen molar-refractivity contribution in [3.63, 3.8) is 0 Å². The van der Waals surface area contributed by atoms with E-state index in [-0.39, 0.29) is 12.4 Å². The molecule has 0 spiro atoms. The molecular formula is C13H14O4. The summed E-state index contributed by atoms with van der Waals surface area (Å²) in [5.74, 6) is 6.47. The van der Waals surface area contributed by atoms with Crippen LogP contribution >= 0.6 is 0 Å². The highest BCUT2D eigenvalue weighted by molar-refractivity contribution is 5.72. The minimum atomic E-state index is -0.349. The molecule has 0 N–H and O–H groups in total. The van der Waals surface area contributed by atoms with Crippen LogP contribution in [0.3, 0.4) is 0 Å². The van der Waals surface area contributed by atoms with Crippen molar-refractivity contribution in [1.82, 2.24) is 0 Å². The SMILES string of the molecule is COC(=O)CC#Cc1ccc(OC)c(OC)c1. The number of esters is 1. The molecule has 0 amide bonds. The molecule has 0 aliphatic carbocycles. The van der Waals surface area contributed by atoms with Crippen molar-refractivity contribution >= 4 is 5.97 Å². The van der Waals surface area contributed by atoms with Crippen molar-refractivity contribution < 1.29 is 19.0 Å². The number of rotatable bonds is 3. The fraction of sp³-hybridized carbons (Fsp3) is 0.308. The summed E-state index contributed by atoms with van der Waals surface area (Å²) in [5.41, 5.74) is 0.756. The molecule has 0 atom stereocenters. The first-order valence-electron chi connectivity index (χ1n) is 4.99. The molecule has 0 radical (unpaired) electrons. The summed E-state index contributed by atoms with van der Waals surface area (Å²) in [6.45, 7) is 0. The van der Waals surface area contributed by atoms with Gasteiger partial charge in [-0.05, 0) is 18.2 Å². The van der Waals surface area contributed by atoms with Crippen LogP contribution in [0, 0.1) is 11.8 Å². The Morgan fingerprint density at radius 1 is 1.18 bits per heavy atom. The van der Waals surface area contributed by atoms with Gasteiger partial charge in [0.15, 0.2) is 11.5 Å². The molecule has 0 fully saturated rings. The van der Waals surface area contributed by atoms with Gasteiger partial charge in [-0.25, -0.2) is 0 Å². The number of benzene rings is 1. The molecule has 90 valence electrons.